The fourth-order valence-electron chi connectivity index (χ4n) is 3.31. The van der Waals surface area contributed by atoms with Gasteiger partial charge in [-0.05, 0) is 24.3 Å². The maximum Gasteiger partial charge on any atom is 0.315 e. The lowest BCUT2D eigenvalue weighted by atomic mass is 9.85. The van der Waals surface area contributed by atoms with Crippen LogP contribution in [-0.2, 0) is 5.41 Å². The Labute approximate surface area is 147 Å². The Hall–Kier alpha value is -1.55. The van der Waals surface area contributed by atoms with Gasteiger partial charge >= 0.3 is 6.03 Å². The molecular weight excluding hydrogens is 298 g/mol. The molecule has 24 heavy (non-hydrogen) atoms. The minimum Gasteiger partial charge on any atom is -0.337 e. The molecule has 1 saturated heterocycles. The van der Waals surface area contributed by atoms with Crippen LogP contribution in [0.2, 0.25) is 0 Å². The van der Waals surface area contributed by atoms with Gasteiger partial charge in [0, 0.05) is 37.6 Å². The van der Waals surface area contributed by atoms with Gasteiger partial charge in [-0.2, -0.15) is 0 Å². The van der Waals surface area contributed by atoms with Crippen molar-refractivity contribution in [1.82, 2.24) is 15.5 Å². The van der Waals surface area contributed by atoms with Gasteiger partial charge in [0.15, 0.2) is 0 Å². The Balaban J connectivity index is 1.72. The molecule has 0 spiro atoms. The van der Waals surface area contributed by atoms with E-state index in [2.05, 4.69) is 55.4 Å². The molecule has 1 heterocycles. The second kappa shape index (κ2) is 8.52. The molecule has 2 rings (SSSR count). The smallest absolute Gasteiger partial charge is 0.315 e. The number of likely N-dealkylation sites (tertiary alicyclic amines) is 1. The lowest BCUT2D eigenvalue weighted by molar-refractivity contribution is 0.177. The monoisotopic (exact) mass is 331 g/mol. The highest BCUT2D eigenvalue weighted by molar-refractivity contribution is 5.74. The Bertz CT molecular complexity index is 505. The van der Waals surface area contributed by atoms with E-state index in [1.807, 2.05) is 18.2 Å². The Kier molecular flexibility index (Phi) is 6.67. The van der Waals surface area contributed by atoms with Crippen molar-refractivity contribution < 1.29 is 4.79 Å². The third-order valence-corrected chi connectivity index (χ3v) is 4.79. The summed E-state index contributed by atoms with van der Waals surface area (Å²) in [6.07, 6.45) is 2.09. The lowest BCUT2D eigenvalue weighted by Crippen LogP contribution is -2.50. The van der Waals surface area contributed by atoms with Crippen LogP contribution in [-0.4, -0.2) is 43.2 Å². The maximum atomic E-state index is 12.2. The molecule has 2 amide bonds. The minimum atomic E-state index is -0.0702. The van der Waals surface area contributed by atoms with Crippen LogP contribution in [0.4, 0.5) is 4.79 Å². The first-order valence-electron chi connectivity index (χ1n) is 9.19. The van der Waals surface area contributed by atoms with Crippen LogP contribution in [0.1, 0.15) is 46.1 Å². The zero-order valence-electron chi connectivity index (χ0n) is 15.6. The molecule has 4 nitrogen and oxygen atoms in total. The number of urea groups is 1. The first-order chi connectivity index (χ1) is 11.4. The van der Waals surface area contributed by atoms with Gasteiger partial charge in [0.25, 0.3) is 0 Å². The van der Waals surface area contributed by atoms with Crippen molar-refractivity contribution in [2.45, 2.75) is 52.0 Å². The number of hydrogen-bond donors (Lipinski definition) is 2. The largest absolute Gasteiger partial charge is 0.337 e. The van der Waals surface area contributed by atoms with Crippen molar-refractivity contribution in [3.8, 4) is 0 Å². The highest BCUT2D eigenvalue weighted by Gasteiger charge is 2.23. The summed E-state index contributed by atoms with van der Waals surface area (Å²) in [5, 5.41) is 6.19. The van der Waals surface area contributed by atoms with Crippen LogP contribution in [0.25, 0.3) is 0 Å². The van der Waals surface area contributed by atoms with E-state index in [9.17, 15) is 4.79 Å². The molecule has 0 aliphatic carbocycles. The van der Waals surface area contributed by atoms with Gasteiger partial charge in [-0.1, -0.05) is 58.0 Å². The normalized spacial score (nSPS) is 17.0. The lowest BCUT2D eigenvalue weighted by Gasteiger charge is -2.33. The van der Waals surface area contributed by atoms with Crippen LogP contribution in [0, 0.1) is 5.92 Å². The molecular formula is C20H33N3O. The summed E-state index contributed by atoms with van der Waals surface area (Å²) in [6, 6.07) is 10.6. The summed E-state index contributed by atoms with van der Waals surface area (Å²) in [5.41, 5.74) is 1.17. The second-order valence-electron chi connectivity index (χ2n) is 8.05. The van der Waals surface area contributed by atoms with E-state index in [0.29, 0.717) is 18.5 Å². The summed E-state index contributed by atoms with van der Waals surface area (Å²) in [4.78, 5) is 14.7. The van der Waals surface area contributed by atoms with Crippen molar-refractivity contribution in [3.05, 3.63) is 35.9 Å². The Morgan fingerprint density at radius 2 is 1.83 bits per heavy atom. The second-order valence-corrected chi connectivity index (χ2v) is 8.05. The summed E-state index contributed by atoms with van der Waals surface area (Å²) in [6.45, 7) is 12.8. The number of nitrogens with zero attached hydrogens (tertiary/aromatic N) is 1. The van der Waals surface area contributed by atoms with Crippen LogP contribution >= 0.6 is 0 Å². The van der Waals surface area contributed by atoms with Crippen molar-refractivity contribution >= 4 is 6.03 Å². The highest BCUT2D eigenvalue weighted by Crippen LogP contribution is 2.21. The van der Waals surface area contributed by atoms with Gasteiger partial charge in [0.2, 0.25) is 0 Å². The standard InChI is InChI=1S/C20H33N3O/c1-16(2)14-23-12-10-18(11-13-23)22-19(24)21-15-20(3,4)17-8-6-5-7-9-17/h5-9,16,18H,10-15H2,1-4H3,(H2,21,22,24). The number of rotatable bonds is 6. The number of hydrogen-bond acceptors (Lipinski definition) is 2. The van der Waals surface area contributed by atoms with E-state index < -0.39 is 0 Å². The quantitative estimate of drug-likeness (QED) is 0.839. The predicted molar refractivity (Wildman–Crippen MR) is 100 cm³/mol. The van der Waals surface area contributed by atoms with Crippen molar-refractivity contribution in [2.24, 2.45) is 5.92 Å². The van der Waals surface area contributed by atoms with E-state index in [1.165, 1.54) is 5.56 Å². The molecule has 1 aromatic rings. The molecule has 0 radical (unpaired) electrons. The number of amides is 2. The van der Waals surface area contributed by atoms with Crippen LogP contribution in [0.5, 0.6) is 0 Å². The molecule has 1 fully saturated rings. The average Bonchev–Trinajstić information content (AvgIpc) is 2.55. The van der Waals surface area contributed by atoms with Crippen molar-refractivity contribution in [2.75, 3.05) is 26.2 Å². The molecule has 4 heteroatoms. The maximum absolute atomic E-state index is 12.2. The fraction of sp³-hybridized carbons (Fsp3) is 0.650. The topological polar surface area (TPSA) is 44.4 Å². The number of carbonyl (C=O) groups is 1. The molecule has 1 aliphatic rings. The van der Waals surface area contributed by atoms with Gasteiger partial charge in [0.05, 0.1) is 0 Å². The average molecular weight is 332 g/mol. The van der Waals surface area contributed by atoms with Gasteiger partial charge in [-0.25, -0.2) is 4.79 Å². The summed E-state index contributed by atoms with van der Waals surface area (Å²) >= 11 is 0. The Morgan fingerprint density at radius 3 is 2.42 bits per heavy atom. The SMILES string of the molecule is CC(C)CN1CCC(NC(=O)NCC(C)(C)c2ccccc2)CC1. The van der Waals surface area contributed by atoms with E-state index in [-0.39, 0.29) is 11.4 Å². The number of benzene rings is 1. The molecule has 0 saturated carbocycles. The summed E-state index contributed by atoms with van der Waals surface area (Å²) < 4.78 is 0. The highest BCUT2D eigenvalue weighted by atomic mass is 16.2. The van der Waals surface area contributed by atoms with Crippen molar-refractivity contribution in [3.63, 3.8) is 0 Å². The van der Waals surface area contributed by atoms with Crippen LogP contribution in [0.15, 0.2) is 30.3 Å². The van der Waals surface area contributed by atoms with Gasteiger partial charge in [-0.15, -0.1) is 0 Å². The van der Waals surface area contributed by atoms with Gasteiger partial charge < -0.3 is 15.5 Å². The number of piperidine rings is 1. The molecule has 0 unspecified atom stereocenters. The summed E-state index contributed by atoms with van der Waals surface area (Å²) in [7, 11) is 0. The zero-order chi connectivity index (χ0) is 17.6. The fourth-order valence-corrected chi connectivity index (χ4v) is 3.31. The third kappa shape index (κ3) is 5.82. The molecule has 1 aliphatic heterocycles. The molecule has 0 atom stereocenters. The molecule has 0 aromatic heterocycles. The molecule has 1 aromatic carbocycles. The third-order valence-electron chi connectivity index (χ3n) is 4.79. The predicted octanol–water partition coefficient (Wildman–Crippen LogP) is 3.38. The van der Waals surface area contributed by atoms with E-state index in [0.717, 1.165) is 32.5 Å². The van der Waals surface area contributed by atoms with Gasteiger partial charge in [0.1, 0.15) is 0 Å². The Morgan fingerprint density at radius 1 is 1.21 bits per heavy atom. The summed E-state index contributed by atoms with van der Waals surface area (Å²) in [5.74, 6) is 0.707. The van der Waals surface area contributed by atoms with Crippen molar-refractivity contribution in [1.29, 1.82) is 0 Å². The molecule has 0 bridgehead atoms. The first-order valence-corrected chi connectivity index (χ1v) is 9.19. The van der Waals surface area contributed by atoms with E-state index in [4.69, 9.17) is 0 Å². The zero-order valence-corrected chi connectivity index (χ0v) is 15.6. The van der Waals surface area contributed by atoms with Gasteiger partial charge in [-0.3, -0.25) is 0 Å². The van der Waals surface area contributed by atoms with E-state index >= 15 is 0 Å². The molecule has 134 valence electrons. The number of carbonyl (C=O) groups excluding carboxylic acids is 1. The first kappa shape index (κ1) is 18.8. The van der Waals surface area contributed by atoms with Crippen LogP contribution < -0.4 is 10.6 Å². The minimum absolute atomic E-state index is 0.0404. The molecule has 2 N–H and O–H groups in total. The van der Waals surface area contributed by atoms with Crippen LogP contribution in [0.3, 0.4) is 0 Å². The van der Waals surface area contributed by atoms with E-state index in [1.54, 1.807) is 0 Å². The number of nitrogens with one attached hydrogen (secondary N) is 2.